The topological polar surface area (TPSA) is 3.24 Å². The molecule has 59 heavy (non-hydrogen) atoms. The molecule has 6 aliphatic carbocycles. The lowest BCUT2D eigenvalue weighted by molar-refractivity contribution is -0.231. The summed E-state index contributed by atoms with van der Waals surface area (Å²) in [7, 11) is 0. The van der Waals surface area contributed by atoms with Crippen molar-refractivity contribution in [2.75, 3.05) is 4.90 Å². The zero-order valence-electron chi connectivity index (χ0n) is 34.9. The summed E-state index contributed by atoms with van der Waals surface area (Å²) in [6.45, 7) is 9.76. The summed E-state index contributed by atoms with van der Waals surface area (Å²) < 4.78 is 0. The second-order valence-corrected chi connectivity index (χ2v) is 20.8. The van der Waals surface area contributed by atoms with Crippen molar-refractivity contribution in [2.45, 2.75) is 82.5 Å². The van der Waals surface area contributed by atoms with Crippen LogP contribution in [-0.2, 0) is 16.2 Å². The van der Waals surface area contributed by atoms with Gasteiger partial charge in [0.2, 0.25) is 0 Å². The third-order valence-corrected chi connectivity index (χ3v) is 17.4. The summed E-state index contributed by atoms with van der Waals surface area (Å²) in [5, 5.41) is 2.56. The van der Waals surface area contributed by atoms with Crippen LogP contribution in [0.4, 0.5) is 17.1 Å². The number of benzene rings is 7. The van der Waals surface area contributed by atoms with Gasteiger partial charge in [0.1, 0.15) is 0 Å². The molecule has 290 valence electrons. The van der Waals surface area contributed by atoms with Gasteiger partial charge in [0, 0.05) is 22.5 Å². The fraction of sp³-hybridized carbons (Fsp3) is 0.310. The average Bonchev–Trinajstić information content (AvgIpc) is 3.90. The first-order valence-electron chi connectivity index (χ1n) is 22.6. The van der Waals surface area contributed by atoms with Crippen molar-refractivity contribution < 1.29 is 0 Å². The molecule has 0 radical (unpaired) electrons. The fourth-order valence-electron chi connectivity index (χ4n) is 14.8. The molecule has 7 aromatic carbocycles. The summed E-state index contributed by atoms with van der Waals surface area (Å²) in [5.74, 6) is 3.49. The molecule has 0 saturated heterocycles. The number of nitrogens with zero attached hydrogens (tertiary/aromatic N) is 1. The van der Waals surface area contributed by atoms with Crippen LogP contribution in [0.1, 0.15) is 88.5 Å². The molecule has 0 N–H and O–H groups in total. The van der Waals surface area contributed by atoms with Gasteiger partial charge in [-0.15, -0.1) is 0 Å². The molecule has 2 bridgehead atoms. The number of hydrogen-bond donors (Lipinski definition) is 0. The van der Waals surface area contributed by atoms with Crippen LogP contribution in [-0.4, -0.2) is 0 Å². The molecule has 0 heterocycles. The van der Waals surface area contributed by atoms with Gasteiger partial charge in [-0.1, -0.05) is 137 Å². The standard InChI is InChI=1S/C58H53N/c1-55(2)28-29-56(3,4)54-46(13-9-15-50(54)55)39-20-24-44(25-21-39)59(43-22-18-38(19-23-43)41-17-16-37-10-5-6-11-40(37)32-41)45-26-27-48-47-12-7-8-14-49(47)58(51(48)34-45)52-31-36-30-42-33-53(58)57(42,52)35-36/h5-27,32,34,36,42,52-53H,28-31,33,35H2,1-4H3. The van der Waals surface area contributed by atoms with Crippen LogP contribution >= 0.6 is 0 Å². The Morgan fingerprint density at radius 3 is 1.88 bits per heavy atom. The normalized spacial score (nSPS) is 28.0. The minimum absolute atomic E-state index is 0.135. The van der Waals surface area contributed by atoms with Gasteiger partial charge in [-0.25, -0.2) is 0 Å². The Labute approximate surface area is 350 Å². The van der Waals surface area contributed by atoms with E-state index in [-0.39, 0.29) is 16.2 Å². The number of anilines is 3. The van der Waals surface area contributed by atoms with E-state index < -0.39 is 0 Å². The van der Waals surface area contributed by atoms with E-state index in [9.17, 15) is 0 Å². The van der Waals surface area contributed by atoms with E-state index in [2.05, 4.69) is 184 Å². The third kappa shape index (κ3) is 4.42. The van der Waals surface area contributed by atoms with E-state index in [1.165, 1.54) is 111 Å². The molecule has 1 heteroatoms. The van der Waals surface area contributed by atoms with E-state index in [0.717, 1.165) is 23.7 Å². The first-order chi connectivity index (χ1) is 28.7. The molecular formula is C58H53N. The van der Waals surface area contributed by atoms with Crippen molar-refractivity contribution >= 4 is 27.8 Å². The number of fused-ring (bicyclic) bond motifs is 10. The summed E-state index contributed by atoms with van der Waals surface area (Å²) in [4.78, 5) is 2.54. The Morgan fingerprint density at radius 2 is 1.08 bits per heavy atom. The highest BCUT2D eigenvalue weighted by molar-refractivity contribution is 5.90. The van der Waals surface area contributed by atoms with Crippen LogP contribution in [0.2, 0.25) is 0 Å². The second-order valence-electron chi connectivity index (χ2n) is 20.8. The number of hydrogen-bond acceptors (Lipinski definition) is 1. The predicted octanol–water partition coefficient (Wildman–Crippen LogP) is 15.3. The summed E-state index contributed by atoms with van der Waals surface area (Å²) >= 11 is 0. The van der Waals surface area contributed by atoms with Gasteiger partial charge in [0.05, 0.1) is 0 Å². The van der Waals surface area contributed by atoms with E-state index >= 15 is 0 Å². The Kier molecular flexibility index (Phi) is 6.81. The SMILES string of the molecule is CC1(C)CCC(C)(C)c2c(-c3ccc(N(c4ccc(-c5ccc6ccccc6c5)cc4)c4ccc5c(c4)C4(c6ccccc6-5)C5CC6CC7CC4C75C6)cc3)cccc21. The second kappa shape index (κ2) is 11.7. The molecule has 0 amide bonds. The molecule has 6 atom stereocenters. The highest BCUT2D eigenvalue weighted by atomic mass is 15.1. The Morgan fingerprint density at radius 1 is 0.458 bits per heavy atom. The molecule has 1 nitrogen and oxygen atoms in total. The molecule has 6 aliphatic rings. The van der Waals surface area contributed by atoms with E-state index in [4.69, 9.17) is 0 Å². The monoisotopic (exact) mass is 763 g/mol. The lowest BCUT2D eigenvalue weighted by atomic mass is 9.27. The van der Waals surface area contributed by atoms with Crippen molar-refractivity contribution in [3.8, 4) is 33.4 Å². The lowest BCUT2D eigenvalue weighted by Crippen LogP contribution is -2.73. The zero-order chi connectivity index (χ0) is 39.5. The Bertz CT molecular complexity index is 2880. The lowest BCUT2D eigenvalue weighted by Gasteiger charge is -2.76. The Balaban J connectivity index is 0.949. The maximum absolute atomic E-state index is 2.64. The smallest absolute Gasteiger partial charge is 0.0465 e. The van der Waals surface area contributed by atoms with Gasteiger partial charge in [-0.3, -0.25) is 0 Å². The van der Waals surface area contributed by atoms with Gasteiger partial charge in [-0.05, 0) is 187 Å². The van der Waals surface area contributed by atoms with Gasteiger partial charge >= 0.3 is 0 Å². The highest BCUT2D eigenvalue weighted by Gasteiger charge is 2.84. The zero-order valence-corrected chi connectivity index (χ0v) is 34.9. The van der Waals surface area contributed by atoms with Crippen molar-refractivity contribution in [1.29, 1.82) is 0 Å². The van der Waals surface area contributed by atoms with Crippen LogP contribution in [0.25, 0.3) is 44.2 Å². The fourth-order valence-corrected chi connectivity index (χ4v) is 14.8. The first kappa shape index (κ1) is 34.5. The molecule has 2 spiro atoms. The van der Waals surface area contributed by atoms with Crippen LogP contribution < -0.4 is 4.90 Å². The molecule has 7 aromatic rings. The van der Waals surface area contributed by atoms with Crippen LogP contribution in [0.5, 0.6) is 0 Å². The van der Waals surface area contributed by atoms with Gasteiger partial charge in [0.15, 0.2) is 0 Å². The molecule has 6 unspecified atom stereocenters. The van der Waals surface area contributed by atoms with Gasteiger partial charge in [0.25, 0.3) is 0 Å². The van der Waals surface area contributed by atoms with Crippen molar-refractivity contribution in [3.05, 3.63) is 174 Å². The molecule has 0 aliphatic heterocycles. The Hall–Kier alpha value is -5.40. The average molecular weight is 764 g/mol. The molecule has 4 saturated carbocycles. The molecular weight excluding hydrogens is 711 g/mol. The largest absolute Gasteiger partial charge is 0.310 e. The summed E-state index contributed by atoms with van der Waals surface area (Å²) in [5.41, 5.74) is 19.2. The van der Waals surface area contributed by atoms with Crippen LogP contribution in [0.15, 0.2) is 152 Å². The quantitative estimate of drug-likeness (QED) is 0.169. The van der Waals surface area contributed by atoms with E-state index in [0.29, 0.717) is 5.41 Å². The number of rotatable bonds is 5. The van der Waals surface area contributed by atoms with Crippen molar-refractivity contribution in [2.24, 2.45) is 29.1 Å². The minimum atomic E-state index is 0.135. The molecule has 4 fully saturated rings. The highest BCUT2D eigenvalue weighted by Crippen LogP contribution is 2.89. The summed E-state index contributed by atoms with van der Waals surface area (Å²) in [6, 6.07) is 58.5. The van der Waals surface area contributed by atoms with Gasteiger partial charge < -0.3 is 4.90 Å². The molecule has 13 rings (SSSR count). The summed E-state index contributed by atoms with van der Waals surface area (Å²) in [6.07, 6.45) is 8.26. The predicted molar refractivity (Wildman–Crippen MR) is 246 cm³/mol. The maximum Gasteiger partial charge on any atom is 0.0465 e. The van der Waals surface area contributed by atoms with E-state index in [1.54, 1.807) is 11.1 Å². The van der Waals surface area contributed by atoms with Crippen LogP contribution in [0.3, 0.4) is 0 Å². The minimum Gasteiger partial charge on any atom is -0.310 e. The molecule has 0 aromatic heterocycles. The third-order valence-electron chi connectivity index (χ3n) is 17.4. The maximum atomic E-state index is 2.64. The first-order valence-corrected chi connectivity index (χ1v) is 22.6. The van der Waals surface area contributed by atoms with Crippen molar-refractivity contribution in [1.82, 2.24) is 0 Å². The van der Waals surface area contributed by atoms with E-state index in [1.807, 2.05) is 0 Å². The van der Waals surface area contributed by atoms with Gasteiger partial charge in [-0.2, -0.15) is 0 Å². The van der Waals surface area contributed by atoms with Crippen LogP contribution in [0, 0.1) is 29.1 Å². The van der Waals surface area contributed by atoms with Crippen molar-refractivity contribution in [3.63, 3.8) is 0 Å².